The van der Waals surface area contributed by atoms with Crippen molar-refractivity contribution in [2.24, 2.45) is 0 Å². The Kier molecular flexibility index (Phi) is 49.2. The molecule has 0 aliphatic rings. The van der Waals surface area contributed by atoms with Crippen molar-refractivity contribution in [2.75, 3.05) is 0 Å². The van der Waals surface area contributed by atoms with Crippen molar-refractivity contribution in [3.8, 4) is 123 Å². The van der Waals surface area contributed by atoms with Crippen LogP contribution in [0.3, 0.4) is 0 Å². The summed E-state index contributed by atoms with van der Waals surface area (Å²) in [5, 5.41) is 0. The van der Waals surface area contributed by atoms with Crippen molar-refractivity contribution in [3.63, 3.8) is 0 Å². The Balaban J connectivity index is 0.000000210. The first-order valence-electron chi connectivity index (χ1n) is 44.1. The second kappa shape index (κ2) is 63.8. The molecule has 0 fully saturated rings. The molecule has 688 valence electrons. The zero-order valence-corrected chi connectivity index (χ0v) is 86.3. The van der Waals surface area contributed by atoms with Gasteiger partial charge in [0.25, 0.3) is 0 Å². The van der Waals surface area contributed by atoms with Crippen LogP contribution in [-0.4, -0.2) is 24.9 Å². The molecule has 0 radical (unpaired) electrons. The molecule has 21 aromatic rings. The van der Waals surface area contributed by atoms with E-state index in [1.165, 1.54) is 39.6 Å². The predicted molar refractivity (Wildman–Crippen MR) is 539 cm³/mol. The fourth-order valence-corrected chi connectivity index (χ4v) is 12.5. The molecule has 0 amide bonds. The quantitative estimate of drug-likeness (QED) is 0.121. The molecular weight excluding hydrogens is 2560 g/mol. The Bertz CT molecular complexity index is 6070. The number of pyridine rings is 5. The first-order valence-corrected chi connectivity index (χ1v) is 42.6. The van der Waals surface area contributed by atoms with Gasteiger partial charge in [-0.1, -0.05) is 106 Å². The van der Waals surface area contributed by atoms with E-state index in [0.717, 1.165) is 112 Å². The summed E-state index contributed by atoms with van der Waals surface area (Å²) < 4.78 is 21.7. The van der Waals surface area contributed by atoms with Crippen LogP contribution in [0.15, 0.2) is 480 Å². The third-order valence-corrected chi connectivity index (χ3v) is 19.1. The van der Waals surface area contributed by atoms with Crippen LogP contribution >= 0.6 is 0 Å². The second-order valence-electron chi connectivity index (χ2n) is 29.0. The Hall–Kier alpha value is -13.3. The van der Waals surface area contributed by atoms with E-state index in [4.69, 9.17) is 4.11 Å². The van der Waals surface area contributed by atoms with Crippen LogP contribution in [-0.2, 0) is 105 Å². The maximum atomic E-state index is 7.23. The molecule has 5 aromatic heterocycles. The maximum absolute atomic E-state index is 7.23. The number of nitrogens with zero attached hydrogens (tertiary/aromatic N) is 5. The van der Waals surface area contributed by atoms with E-state index < -0.39 is 6.85 Å². The molecule has 0 atom stereocenters. The minimum absolute atomic E-state index is 0. The van der Waals surface area contributed by atoms with Gasteiger partial charge in [-0.15, -0.1) is 257 Å². The monoisotopic (exact) mass is 2650 g/mol. The van der Waals surface area contributed by atoms with E-state index in [1.54, 1.807) is 30.6 Å². The van der Waals surface area contributed by atoms with Crippen molar-refractivity contribution in [1.82, 2.24) is 24.9 Å². The molecule has 0 aliphatic heterocycles. The molecule has 0 aliphatic carbocycles. The van der Waals surface area contributed by atoms with E-state index in [9.17, 15) is 0 Å². The molecule has 0 unspecified atom stereocenters. The van der Waals surface area contributed by atoms with Gasteiger partial charge in [-0.2, -0.15) is 224 Å². The van der Waals surface area contributed by atoms with Crippen LogP contribution in [0.5, 0.6) is 0 Å². The zero-order valence-electron chi connectivity index (χ0n) is 77.9. The van der Waals surface area contributed by atoms with Crippen molar-refractivity contribution < 1.29 is 109 Å². The van der Waals surface area contributed by atoms with E-state index in [-0.39, 0.29) is 111 Å². The molecule has 136 heavy (non-hydrogen) atoms. The van der Waals surface area contributed by atoms with Crippen LogP contribution in [0.2, 0.25) is 0 Å². The summed E-state index contributed by atoms with van der Waals surface area (Å²) in [5.74, 6) is 0. The molecule has 16 aromatic carbocycles. The molecular formula is C126H94N5Pt5-15. The smallest absolute Gasteiger partial charge is 0.0280 e. The average Bonchev–Trinajstić information content (AvgIpc) is 0.836. The molecule has 0 spiro atoms. The molecule has 0 saturated heterocycles. The minimum atomic E-state index is -2.09. The number of hydrogen-bond acceptors (Lipinski definition) is 5. The summed E-state index contributed by atoms with van der Waals surface area (Å²) in [6, 6.07) is 194. The van der Waals surface area contributed by atoms with Crippen LogP contribution in [0.1, 0.15) is 31.9 Å². The van der Waals surface area contributed by atoms with Gasteiger partial charge in [-0.05, 0) is 82.7 Å². The van der Waals surface area contributed by atoms with Gasteiger partial charge in [0.15, 0.2) is 0 Å². The van der Waals surface area contributed by atoms with E-state index in [1.807, 2.05) is 395 Å². The number of hydrogen-bond donors (Lipinski definition) is 0. The largest absolute Gasteiger partial charge is 0.305 e. The van der Waals surface area contributed by atoms with Crippen molar-refractivity contribution >= 4 is 0 Å². The van der Waals surface area contributed by atoms with Gasteiger partial charge in [0.1, 0.15) is 0 Å². The molecule has 10 heteroatoms. The molecule has 5 heterocycles. The maximum Gasteiger partial charge on any atom is 0.0280 e. The standard InChI is InChI=1S/C17H12N.C14H12.C13H10.2C12H10N.3C12H8.2C11H8N.5Pt/c1-3-7-14(8-4-1)16-11-12-18-17(13-16)15-9-5-2-6-10-15;1-11-5-3-7-13(9-11)14-8-4-6-12(2)10-14;1-11-6-5-9-13(10-11)12-7-3-2-4-8-12;2*1-10-7-8-12(13-9-10)11-5-3-2-4-6-11;3*1-3-7-11(8-4-1)12-9-5-2-6-10-12;2*1-2-6-10(7-3-1)11-8-4-5-9-12-11;;;;;/h1-9,11-13H;3-6,9-10H,1-2H3;2-7,10H,1H3;2*2-5,7-9H,1H3;3*1-7,9H;2*1-6,8-9H;;;;;/q-1;2*-2;2*-1;3*-2;2*-1;;;;;/i;;;1D3;;;;;;;;;;;. The normalized spacial score (nSPS) is 9.93. The SMILES string of the molecule is Cc1cc[c-]c(-c2[c-]ccc(C)c2)c1.Cc1cc[c-]c(-c2[c-]cccc2)c1.Cc1ccc(-c2[c-]cccc2)nc1.[2H]C([2H])([2H])c1ccc(-c2[c-]cccc2)nc1.[Pt].[Pt].[Pt].[Pt].[Pt].[c-]1ccccc1-c1[c-]cccc1.[c-]1ccccc1-c1[c-]cccc1.[c-]1ccccc1-c1[c-]cccc1.[c-]1ccccc1-c1cc(-c2ccccc2)ccn1.[c-]1ccccc1-c1ccccn1.[c-]1ccccc1-c1ccccn1. The van der Waals surface area contributed by atoms with E-state index >= 15 is 0 Å². The molecule has 0 saturated carbocycles. The number of aromatic nitrogens is 5. The average molecular weight is 2660 g/mol. The molecule has 21 rings (SSSR count). The van der Waals surface area contributed by atoms with Gasteiger partial charge in [0.2, 0.25) is 0 Å². The molecule has 5 nitrogen and oxygen atoms in total. The summed E-state index contributed by atoms with van der Waals surface area (Å²) in [4.78, 5) is 21.3. The van der Waals surface area contributed by atoms with E-state index in [2.05, 4.69) is 191 Å². The first-order chi connectivity index (χ1) is 65.8. The summed E-state index contributed by atoms with van der Waals surface area (Å²) in [6.07, 6.45) is 8.68. The van der Waals surface area contributed by atoms with Crippen LogP contribution in [0.25, 0.3) is 123 Å². The van der Waals surface area contributed by atoms with Gasteiger partial charge >= 0.3 is 0 Å². The predicted octanol–water partition coefficient (Wildman–Crippen LogP) is 30.7. The van der Waals surface area contributed by atoms with Gasteiger partial charge < -0.3 is 24.9 Å². The summed E-state index contributed by atoms with van der Waals surface area (Å²) in [7, 11) is 0. The zero-order chi connectivity index (χ0) is 93.1. The van der Waals surface area contributed by atoms with Gasteiger partial charge in [0.05, 0.1) is 0 Å². The fraction of sp³-hybridized carbons (Fsp3) is 0.0397. The Morgan fingerprint density at radius 3 is 0.647 bits per heavy atom. The van der Waals surface area contributed by atoms with Crippen LogP contribution < -0.4 is 0 Å². The Morgan fingerprint density at radius 2 is 0.397 bits per heavy atom. The number of aryl methyl sites for hydroxylation is 5. The van der Waals surface area contributed by atoms with Gasteiger partial charge in [-0.25, -0.2) is 55.6 Å². The summed E-state index contributed by atoms with van der Waals surface area (Å²) in [5.41, 5.74) is 28.2. The van der Waals surface area contributed by atoms with Gasteiger partial charge in [-0.3, -0.25) is 0 Å². The van der Waals surface area contributed by atoms with Crippen molar-refractivity contribution in [1.29, 1.82) is 0 Å². The third-order valence-electron chi connectivity index (χ3n) is 19.1. The van der Waals surface area contributed by atoms with Gasteiger partial charge in [0, 0.05) is 140 Å². The van der Waals surface area contributed by atoms with Crippen molar-refractivity contribution in [3.05, 3.63) is 599 Å². The summed E-state index contributed by atoms with van der Waals surface area (Å²) >= 11 is 0. The minimum Gasteiger partial charge on any atom is -0.305 e. The van der Waals surface area contributed by atoms with Crippen LogP contribution in [0.4, 0.5) is 0 Å². The molecule has 0 bridgehead atoms. The number of rotatable bonds is 11. The Morgan fingerprint density at radius 1 is 0.162 bits per heavy atom. The van der Waals surface area contributed by atoms with Crippen LogP contribution in [0, 0.1) is 126 Å². The van der Waals surface area contributed by atoms with Crippen molar-refractivity contribution in [2.45, 2.75) is 34.5 Å². The Labute approximate surface area is 882 Å². The second-order valence-corrected chi connectivity index (χ2v) is 29.0. The number of benzene rings is 16. The molecule has 0 N–H and O–H groups in total. The third kappa shape index (κ3) is 39.0. The first kappa shape index (κ1) is 105. The van der Waals surface area contributed by atoms with E-state index in [0.29, 0.717) is 0 Å². The summed E-state index contributed by atoms with van der Waals surface area (Å²) in [6.45, 7) is 6.21. The topological polar surface area (TPSA) is 64.5 Å². The fourth-order valence-electron chi connectivity index (χ4n) is 12.5.